The van der Waals surface area contributed by atoms with Crippen molar-refractivity contribution in [3.8, 4) is 0 Å². The molecule has 27 heavy (non-hydrogen) atoms. The molecule has 0 radical (unpaired) electrons. The molecular formula is C20H21N3O4. The lowest BCUT2D eigenvalue weighted by Crippen LogP contribution is -2.24. The van der Waals surface area contributed by atoms with E-state index in [4.69, 9.17) is 5.73 Å². The van der Waals surface area contributed by atoms with Crippen molar-refractivity contribution >= 4 is 34.3 Å². The van der Waals surface area contributed by atoms with Crippen LogP contribution in [0.1, 0.15) is 58.5 Å². The number of ketones is 1. The van der Waals surface area contributed by atoms with Crippen molar-refractivity contribution in [2.45, 2.75) is 38.6 Å². The summed E-state index contributed by atoms with van der Waals surface area (Å²) < 4.78 is 1.99. The van der Waals surface area contributed by atoms with Gasteiger partial charge in [-0.25, -0.2) is 0 Å². The second kappa shape index (κ2) is 6.64. The van der Waals surface area contributed by atoms with Gasteiger partial charge < -0.3 is 15.4 Å². The third kappa shape index (κ3) is 2.93. The molecule has 1 amide bonds. The molecule has 0 unspecified atom stereocenters. The van der Waals surface area contributed by atoms with Gasteiger partial charge in [-0.05, 0) is 30.9 Å². The van der Waals surface area contributed by atoms with Crippen molar-refractivity contribution in [1.29, 1.82) is 0 Å². The Hall–Kier alpha value is -2.96. The molecule has 4 rings (SSSR count). The topological polar surface area (TPSA) is 115 Å². The number of nitrogens with zero attached hydrogens (tertiary/aromatic N) is 2. The van der Waals surface area contributed by atoms with Gasteiger partial charge in [0, 0.05) is 17.5 Å². The Morgan fingerprint density at radius 3 is 2.67 bits per heavy atom. The maximum absolute atomic E-state index is 12.7. The summed E-state index contributed by atoms with van der Waals surface area (Å²) in [6.07, 6.45) is 4.29. The average molecular weight is 367 g/mol. The molecule has 2 heterocycles. The van der Waals surface area contributed by atoms with Gasteiger partial charge in [-0.3, -0.25) is 19.4 Å². The molecule has 0 saturated heterocycles. The highest BCUT2D eigenvalue weighted by atomic mass is 16.4. The maximum atomic E-state index is 12.7. The number of carboxylic acids is 1. The fraction of sp³-hybridized carbons (Fsp3) is 0.400. The van der Waals surface area contributed by atoms with Crippen LogP contribution in [-0.4, -0.2) is 39.6 Å². The highest BCUT2D eigenvalue weighted by Crippen LogP contribution is 2.35. The van der Waals surface area contributed by atoms with Crippen molar-refractivity contribution in [3.05, 3.63) is 35.0 Å². The van der Waals surface area contributed by atoms with Gasteiger partial charge in [0.2, 0.25) is 5.91 Å². The number of aliphatic imine (C=N–C) groups is 1. The number of hydrogen-bond donors (Lipinski definition) is 2. The van der Waals surface area contributed by atoms with Crippen molar-refractivity contribution in [3.63, 3.8) is 0 Å². The normalized spacial score (nSPS) is 17.2. The van der Waals surface area contributed by atoms with E-state index in [0.717, 1.165) is 18.4 Å². The molecule has 1 aliphatic heterocycles. The largest absolute Gasteiger partial charge is 0.481 e. The van der Waals surface area contributed by atoms with Gasteiger partial charge >= 0.3 is 5.97 Å². The van der Waals surface area contributed by atoms with Crippen LogP contribution in [0.2, 0.25) is 0 Å². The third-order valence-corrected chi connectivity index (χ3v) is 5.56. The van der Waals surface area contributed by atoms with E-state index in [1.807, 2.05) is 10.6 Å². The molecule has 1 saturated carbocycles. The van der Waals surface area contributed by atoms with Gasteiger partial charge in [-0.2, -0.15) is 0 Å². The summed E-state index contributed by atoms with van der Waals surface area (Å²) in [4.78, 5) is 40.3. The molecule has 1 fully saturated rings. The zero-order valence-corrected chi connectivity index (χ0v) is 14.9. The number of amides is 1. The Balaban J connectivity index is 2.00. The predicted octanol–water partition coefficient (Wildman–Crippen LogP) is 2.39. The first-order chi connectivity index (χ1) is 13.0. The number of rotatable bonds is 5. The smallest absolute Gasteiger partial charge is 0.309 e. The van der Waals surface area contributed by atoms with Crippen LogP contribution in [0.15, 0.2) is 23.2 Å². The Morgan fingerprint density at radius 1 is 1.26 bits per heavy atom. The molecule has 2 aliphatic rings. The van der Waals surface area contributed by atoms with E-state index in [1.165, 1.54) is 12.8 Å². The summed E-state index contributed by atoms with van der Waals surface area (Å²) in [5.41, 5.74) is 7.93. The number of Topliss-reactive ketones (excluding diaryl/α,β-unsaturated/α-hetero) is 1. The summed E-state index contributed by atoms with van der Waals surface area (Å²) in [6, 6.07) is 5.22. The molecule has 7 nitrogen and oxygen atoms in total. The van der Waals surface area contributed by atoms with Crippen LogP contribution < -0.4 is 5.73 Å². The monoisotopic (exact) mass is 367 g/mol. The molecule has 0 atom stereocenters. The lowest BCUT2D eigenvalue weighted by atomic mass is 9.96. The number of nitrogens with two attached hydrogens (primary N) is 1. The molecule has 0 bridgehead atoms. The van der Waals surface area contributed by atoms with Crippen LogP contribution >= 0.6 is 0 Å². The number of benzene rings is 1. The van der Waals surface area contributed by atoms with Gasteiger partial charge in [-0.1, -0.05) is 18.9 Å². The van der Waals surface area contributed by atoms with E-state index in [2.05, 4.69) is 4.99 Å². The van der Waals surface area contributed by atoms with Crippen LogP contribution in [0.25, 0.3) is 10.9 Å². The number of fused-ring (bicyclic) bond motifs is 3. The molecule has 1 aliphatic carbocycles. The van der Waals surface area contributed by atoms with Crippen molar-refractivity contribution in [2.75, 3.05) is 6.54 Å². The van der Waals surface area contributed by atoms with Crippen molar-refractivity contribution in [1.82, 2.24) is 4.57 Å². The molecule has 1 aromatic heterocycles. The van der Waals surface area contributed by atoms with E-state index in [1.54, 1.807) is 12.1 Å². The fourth-order valence-electron chi connectivity index (χ4n) is 4.42. The van der Waals surface area contributed by atoms with Gasteiger partial charge in [-0.15, -0.1) is 0 Å². The van der Waals surface area contributed by atoms with E-state index in [0.29, 0.717) is 40.4 Å². The van der Waals surface area contributed by atoms with Crippen molar-refractivity contribution in [2.24, 2.45) is 16.6 Å². The first kappa shape index (κ1) is 17.5. The van der Waals surface area contributed by atoms with Crippen LogP contribution in [0.5, 0.6) is 0 Å². The number of primary amides is 1. The first-order valence-corrected chi connectivity index (χ1v) is 9.21. The highest BCUT2D eigenvalue weighted by molar-refractivity contribution is 6.26. The van der Waals surface area contributed by atoms with E-state index < -0.39 is 11.9 Å². The minimum atomic E-state index is -0.998. The molecule has 2 aromatic rings. The molecule has 140 valence electrons. The van der Waals surface area contributed by atoms with Gasteiger partial charge in [0.1, 0.15) is 6.54 Å². The number of aromatic nitrogens is 1. The molecule has 1 aromatic carbocycles. The lowest BCUT2D eigenvalue weighted by molar-refractivity contribution is -0.135. The number of carbonyl (C=O) groups is 3. The molecular weight excluding hydrogens is 346 g/mol. The maximum Gasteiger partial charge on any atom is 0.309 e. The number of hydrogen-bond acceptors (Lipinski definition) is 4. The SMILES string of the molecule is NC(=O)c1cccc2c1c1c(n2CC2CCCC2)C(CC(=O)O)=NCC1=O. The predicted molar refractivity (Wildman–Crippen MR) is 100 cm³/mol. The Bertz CT molecular complexity index is 996. The zero-order chi connectivity index (χ0) is 19.1. The Morgan fingerprint density at radius 2 is 2.00 bits per heavy atom. The summed E-state index contributed by atoms with van der Waals surface area (Å²) in [7, 11) is 0. The average Bonchev–Trinajstić information content (AvgIpc) is 3.24. The number of aliphatic carboxylic acids is 1. The van der Waals surface area contributed by atoms with Crippen LogP contribution in [0, 0.1) is 5.92 Å². The number of carbonyl (C=O) groups excluding carboxylic acids is 2. The standard InChI is InChI=1S/C20H21N3O4/c21-20(27)12-6-3-7-14-17(12)18-15(24)9-22-13(8-16(25)26)19(18)23(14)10-11-4-1-2-5-11/h3,6-7,11H,1-2,4-5,8-10H2,(H2,21,27)(H,25,26). The van der Waals surface area contributed by atoms with Gasteiger partial charge in [0.15, 0.2) is 5.78 Å². The van der Waals surface area contributed by atoms with Crippen LogP contribution in [-0.2, 0) is 11.3 Å². The molecule has 7 heteroatoms. The lowest BCUT2D eigenvalue weighted by Gasteiger charge is -2.19. The van der Waals surface area contributed by atoms with Gasteiger partial charge in [0.05, 0.1) is 28.9 Å². The van der Waals surface area contributed by atoms with E-state index >= 15 is 0 Å². The second-order valence-electron chi connectivity index (χ2n) is 7.31. The minimum Gasteiger partial charge on any atom is -0.481 e. The molecule has 3 N–H and O–H groups in total. The summed E-state index contributed by atoms with van der Waals surface area (Å²) in [5, 5.41) is 9.83. The second-order valence-corrected chi connectivity index (χ2v) is 7.31. The highest BCUT2D eigenvalue weighted by Gasteiger charge is 2.32. The Kier molecular flexibility index (Phi) is 4.30. The minimum absolute atomic E-state index is 0.106. The van der Waals surface area contributed by atoms with E-state index in [9.17, 15) is 19.5 Å². The van der Waals surface area contributed by atoms with E-state index in [-0.39, 0.29) is 18.7 Å². The van der Waals surface area contributed by atoms with Gasteiger partial charge in [0.25, 0.3) is 0 Å². The summed E-state index contributed by atoms with van der Waals surface area (Å²) in [6.45, 7) is 0.575. The summed E-state index contributed by atoms with van der Waals surface area (Å²) in [5.74, 6) is -1.34. The summed E-state index contributed by atoms with van der Waals surface area (Å²) >= 11 is 0. The first-order valence-electron chi connectivity index (χ1n) is 9.21. The Labute approximate surface area is 155 Å². The number of carboxylic acid groups (broad SMARTS) is 1. The van der Waals surface area contributed by atoms with Crippen LogP contribution in [0.4, 0.5) is 0 Å². The van der Waals surface area contributed by atoms with Crippen molar-refractivity contribution < 1.29 is 19.5 Å². The fourth-order valence-corrected chi connectivity index (χ4v) is 4.42. The van der Waals surface area contributed by atoms with Crippen LogP contribution in [0.3, 0.4) is 0 Å². The quantitative estimate of drug-likeness (QED) is 0.844. The zero-order valence-electron chi connectivity index (χ0n) is 14.9. The third-order valence-electron chi connectivity index (χ3n) is 5.56. The molecule has 0 spiro atoms.